The maximum absolute atomic E-state index is 11.2. The topological polar surface area (TPSA) is 17.1 Å². The molecule has 0 N–H and O–H groups in total. The van der Waals surface area contributed by atoms with Crippen LogP contribution in [0.5, 0.6) is 0 Å². The highest BCUT2D eigenvalue weighted by atomic mass is 16.1. The first-order valence-electron chi connectivity index (χ1n) is 8.49. The summed E-state index contributed by atoms with van der Waals surface area (Å²) in [7, 11) is 0. The van der Waals surface area contributed by atoms with E-state index in [-0.39, 0.29) is 10.8 Å². The summed E-state index contributed by atoms with van der Waals surface area (Å²) in [6, 6.07) is 14.5. The van der Waals surface area contributed by atoms with E-state index < -0.39 is 0 Å². The van der Waals surface area contributed by atoms with E-state index in [1.165, 1.54) is 16.7 Å². The van der Waals surface area contributed by atoms with Crippen LogP contribution in [0.1, 0.15) is 74.2 Å². The SMILES string of the molecule is CC(C)(C)c1cc(C=Cc2ccccc2C=O)cc(C(C)(C)C)c1. The van der Waals surface area contributed by atoms with Crippen LogP contribution in [-0.4, -0.2) is 6.29 Å². The standard InChI is InChI=1S/C23H28O/c1-22(2,3)20-13-17(14-21(15-20)23(4,5)6)11-12-18-9-7-8-10-19(18)16-24/h7-16H,1-6H3. The Morgan fingerprint density at radius 1 is 0.708 bits per heavy atom. The van der Waals surface area contributed by atoms with Crippen LogP contribution in [0.25, 0.3) is 12.2 Å². The highest BCUT2D eigenvalue weighted by Crippen LogP contribution is 2.31. The molecule has 1 heteroatoms. The Morgan fingerprint density at radius 3 is 1.67 bits per heavy atom. The lowest BCUT2D eigenvalue weighted by molar-refractivity contribution is 0.112. The van der Waals surface area contributed by atoms with Crippen molar-refractivity contribution in [1.82, 2.24) is 0 Å². The minimum Gasteiger partial charge on any atom is -0.298 e. The second-order valence-electron chi connectivity index (χ2n) is 8.42. The van der Waals surface area contributed by atoms with Crippen molar-refractivity contribution in [2.45, 2.75) is 52.4 Å². The predicted octanol–water partition coefficient (Wildman–Crippen LogP) is 6.26. The third-order valence-electron chi connectivity index (χ3n) is 4.27. The van der Waals surface area contributed by atoms with E-state index in [0.717, 1.165) is 17.4 Å². The lowest BCUT2D eigenvalue weighted by Gasteiger charge is -2.25. The van der Waals surface area contributed by atoms with E-state index in [4.69, 9.17) is 0 Å². The van der Waals surface area contributed by atoms with Crippen molar-refractivity contribution in [3.8, 4) is 0 Å². The predicted molar refractivity (Wildman–Crippen MR) is 105 cm³/mol. The third kappa shape index (κ3) is 4.44. The lowest BCUT2D eigenvalue weighted by atomic mass is 9.79. The van der Waals surface area contributed by atoms with Gasteiger partial charge in [-0.25, -0.2) is 0 Å². The second kappa shape index (κ2) is 6.76. The monoisotopic (exact) mass is 320 g/mol. The van der Waals surface area contributed by atoms with Crippen LogP contribution in [0.15, 0.2) is 42.5 Å². The number of carbonyl (C=O) groups is 1. The number of hydrogen-bond donors (Lipinski definition) is 0. The van der Waals surface area contributed by atoms with E-state index in [1.54, 1.807) is 0 Å². The van der Waals surface area contributed by atoms with Crippen LogP contribution < -0.4 is 0 Å². The maximum atomic E-state index is 11.2. The molecule has 0 spiro atoms. The highest BCUT2D eigenvalue weighted by Gasteiger charge is 2.19. The Balaban J connectivity index is 2.50. The number of benzene rings is 2. The molecule has 0 amide bonds. The molecule has 0 radical (unpaired) electrons. The molecule has 2 aromatic rings. The van der Waals surface area contributed by atoms with Gasteiger partial charge < -0.3 is 0 Å². The van der Waals surface area contributed by atoms with Crippen LogP contribution in [0.2, 0.25) is 0 Å². The molecule has 0 aliphatic carbocycles. The van der Waals surface area contributed by atoms with Gasteiger partial charge in [0.05, 0.1) is 0 Å². The highest BCUT2D eigenvalue weighted by molar-refractivity contribution is 5.84. The van der Waals surface area contributed by atoms with Crippen molar-refractivity contribution in [1.29, 1.82) is 0 Å². The number of hydrogen-bond acceptors (Lipinski definition) is 1. The molecule has 2 rings (SSSR count). The summed E-state index contributed by atoms with van der Waals surface area (Å²) in [6.07, 6.45) is 5.04. The molecule has 0 unspecified atom stereocenters. The number of carbonyl (C=O) groups excluding carboxylic acids is 1. The average Bonchev–Trinajstić information content (AvgIpc) is 2.51. The zero-order valence-electron chi connectivity index (χ0n) is 15.7. The van der Waals surface area contributed by atoms with E-state index >= 15 is 0 Å². The Bertz CT molecular complexity index is 720. The molecule has 126 valence electrons. The Hall–Kier alpha value is -2.15. The molecule has 0 saturated heterocycles. The number of rotatable bonds is 3. The van der Waals surface area contributed by atoms with Crippen molar-refractivity contribution >= 4 is 18.4 Å². The summed E-state index contributed by atoms with van der Waals surface area (Å²) in [6.45, 7) is 13.4. The molecule has 0 aliphatic rings. The molecule has 0 aromatic heterocycles. The molecule has 2 aromatic carbocycles. The van der Waals surface area contributed by atoms with Crippen LogP contribution in [-0.2, 0) is 10.8 Å². The normalized spacial score (nSPS) is 12.6. The van der Waals surface area contributed by atoms with Gasteiger partial charge in [0.1, 0.15) is 0 Å². The van der Waals surface area contributed by atoms with Gasteiger partial charge in [0.25, 0.3) is 0 Å². The molecule has 0 heterocycles. The van der Waals surface area contributed by atoms with Gasteiger partial charge in [-0.2, -0.15) is 0 Å². The van der Waals surface area contributed by atoms with Gasteiger partial charge in [-0.05, 0) is 33.1 Å². The van der Waals surface area contributed by atoms with Crippen LogP contribution in [0.4, 0.5) is 0 Å². The molecule has 0 aliphatic heterocycles. The fraction of sp³-hybridized carbons (Fsp3) is 0.348. The van der Waals surface area contributed by atoms with Gasteiger partial charge in [0, 0.05) is 5.56 Å². The van der Waals surface area contributed by atoms with Crippen molar-refractivity contribution in [3.63, 3.8) is 0 Å². The van der Waals surface area contributed by atoms with Gasteiger partial charge >= 0.3 is 0 Å². The number of aldehydes is 1. The van der Waals surface area contributed by atoms with Gasteiger partial charge in [-0.3, -0.25) is 4.79 Å². The summed E-state index contributed by atoms with van der Waals surface area (Å²) in [4.78, 5) is 11.2. The summed E-state index contributed by atoms with van der Waals surface area (Å²) < 4.78 is 0. The Morgan fingerprint density at radius 2 is 1.21 bits per heavy atom. The minimum absolute atomic E-state index is 0.102. The zero-order chi connectivity index (χ0) is 18.0. The fourth-order valence-corrected chi connectivity index (χ4v) is 2.57. The lowest BCUT2D eigenvalue weighted by Crippen LogP contribution is -2.16. The van der Waals surface area contributed by atoms with Crippen molar-refractivity contribution < 1.29 is 4.79 Å². The summed E-state index contributed by atoms with van der Waals surface area (Å²) in [5.74, 6) is 0. The summed E-state index contributed by atoms with van der Waals surface area (Å²) in [5.41, 5.74) is 5.71. The molecular weight excluding hydrogens is 292 g/mol. The van der Waals surface area contributed by atoms with E-state index in [9.17, 15) is 4.79 Å². The Labute approximate surface area is 146 Å². The quantitative estimate of drug-likeness (QED) is 0.481. The molecule has 0 atom stereocenters. The van der Waals surface area contributed by atoms with Gasteiger partial charge in [0.2, 0.25) is 0 Å². The van der Waals surface area contributed by atoms with E-state index in [0.29, 0.717) is 0 Å². The molecule has 1 nitrogen and oxygen atoms in total. The summed E-state index contributed by atoms with van der Waals surface area (Å²) in [5, 5.41) is 0. The van der Waals surface area contributed by atoms with Crippen molar-refractivity contribution in [3.05, 3.63) is 70.3 Å². The molecule has 0 fully saturated rings. The molecular formula is C23H28O. The molecule has 0 saturated carbocycles. The first kappa shape index (κ1) is 18.2. The third-order valence-corrected chi connectivity index (χ3v) is 4.27. The fourth-order valence-electron chi connectivity index (χ4n) is 2.57. The molecule has 0 bridgehead atoms. The zero-order valence-corrected chi connectivity index (χ0v) is 15.7. The maximum Gasteiger partial charge on any atom is 0.150 e. The van der Waals surface area contributed by atoms with Gasteiger partial charge in [-0.1, -0.05) is 96.2 Å². The second-order valence-corrected chi connectivity index (χ2v) is 8.42. The smallest absolute Gasteiger partial charge is 0.150 e. The summed E-state index contributed by atoms with van der Waals surface area (Å²) >= 11 is 0. The van der Waals surface area contributed by atoms with Gasteiger partial charge in [-0.15, -0.1) is 0 Å². The van der Waals surface area contributed by atoms with Gasteiger partial charge in [0.15, 0.2) is 6.29 Å². The largest absolute Gasteiger partial charge is 0.298 e. The first-order chi connectivity index (χ1) is 11.1. The average molecular weight is 320 g/mol. The first-order valence-corrected chi connectivity index (χ1v) is 8.49. The Kier molecular flexibility index (Phi) is 5.13. The van der Waals surface area contributed by atoms with E-state index in [2.05, 4.69) is 65.8 Å². The van der Waals surface area contributed by atoms with Crippen LogP contribution in [0.3, 0.4) is 0 Å². The molecule has 24 heavy (non-hydrogen) atoms. The van der Waals surface area contributed by atoms with E-state index in [1.807, 2.05) is 30.3 Å². The van der Waals surface area contributed by atoms with Crippen LogP contribution in [0, 0.1) is 0 Å². The van der Waals surface area contributed by atoms with Crippen molar-refractivity contribution in [2.75, 3.05) is 0 Å². The van der Waals surface area contributed by atoms with Crippen LogP contribution >= 0.6 is 0 Å². The van der Waals surface area contributed by atoms with Crippen molar-refractivity contribution in [2.24, 2.45) is 0 Å². The minimum atomic E-state index is 0.102.